The third-order valence-corrected chi connectivity index (χ3v) is 5.04. The quantitative estimate of drug-likeness (QED) is 0.402. The summed E-state index contributed by atoms with van der Waals surface area (Å²) in [5, 5.41) is 11.7. The fourth-order valence-corrected chi connectivity index (χ4v) is 3.46. The minimum absolute atomic E-state index is 0.572. The highest BCUT2D eigenvalue weighted by Crippen LogP contribution is 2.32. The highest BCUT2D eigenvalue weighted by molar-refractivity contribution is 5.93. The standard InChI is InChI=1S/C24H20N6O2/c1-31-16-9-10-19-18(12-16)24(28-23(26-19)15-6-5-11-25-14-15)27-22-13-20(29-30-22)17-7-3-4-8-21(17)32-2/h3-14H,1-2H3,(H2,26,27,28,29,30). The van der Waals surface area contributed by atoms with Gasteiger partial charge < -0.3 is 14.8 Å². The van der Waals surface area contributed by atoms with Crippen molar-refractivity contribution in [3.63, 3.8) is 0 Å². The summed E-state index contributed by atoms with van der Waals surface area (Å²) in [6.07, 6.45) is 3.46. The number of anilines is 2. The zero-order valence-electron chi connectivity index (χ0n) is 17.5. The Hall–Kier alpha value is -4.46. The van der Waals surface area contributed by atoms with E-state index in [4.69, 9.17) is 19.4 Å². The van der Waals surface area contributed by atoms with Crippen molar-refractivity contribution >= 4 is 22.5 Å². The second-order valence-electron chi connectivity index (χ2n) is 7.01. The number of benzene rings is 2. The van der Waals surface area contributed by atoms with E-state index in [0.717, 1.165) is 39.2 Å². The molecule has 8 nitrogen and oxygen atoms in total. The number of hydrogen-bond acceptors (Lipinski definition) is 7. The van der Waals surface area contributed by atoms with Gasteiger partial charge in [0.25, 0.3) is 0 Å². The highest BCUT2D eigenvalue weighted by atomic mass is 16.5. The van der Waals surface area contributed by atoms with Gasteiger partial charge in [-0.05, 0) is 42.5 Å². The van der Waals surface area contributed by atoms with Crippen molar-refractivity contribution in [1.82, 2.24) is 25.1 Å². The summed E-state index contributed by atoms with van der Waals surface area (Å²) in [7, 11) is 3.28. The molecule has 0 atom stereocenters. The van der Waals surface area contributed by atoms with E-state index in [1.165, 1.54) is 0 Å². The molecule has 3 aromatic heterocycles. The van der Waals surface area contributed by atoms with Gasteiger partial charge in [0.2, 0.25) is 0 Å². The molecule has 0 aliphatic heterocycles. The van der Waals surface area contributed by atoms with Gasteiger partial charge in [-0.2, -0.15) is 5.10 Å². The fourth-order valence-electron chi connectivity index (χ4n) is 3.46. The van der Waals surface area contributed by atoms with Crippen LogP contribution in [-0.4, -0.2) is 39.4 Å². The second kappa shape index (κ2) is 8.35. The molecule has 0 radical (unpaired) electrons. The summed E-state index contributed by atoms with van der Waals surface area (Å²) in [5.74, 6) is 3.36. The molecule has 5 rings (SSSR count). The summed E-state index contributed by atoms with van der Waals surface area (Å²) in [6.45, 7) is 0. The van der Waals surface area contributed by atoms with Crippen molar-refractivity contribution in [1.29, 1.82) is 0 Å². The Bertz CT molecular complexity index is 1380. The van der Waals surface area contributed by atoms with Crippen LogP contribution in [0.25, 0.3) is 33.5 Å². The zero-order chi connectivity index (χ0) is 21.9. The lowest BCUT2D eigenvalue weighted by molar-refractivity contribution is 0.415. The van der Waals surface area contributed by atoms with Gasteiger partial charge >= 0.3 is 0 Å². The number of hydrogen-bond donors (Lipinski definition) is 2. The van der Waals surface area contributed by atoms with Gasteiger partial charge in [0.15, 0.2) is 5.82 Å². The van der Waals surface area contributed by atoms with E-state index in [0.29, 0.717) is 17.5 Å². The minimum Gasteiger partial charge on any atom is -0.497 e. The first-order valence-corrected chi connectivity index (χ1v) is 9.97. The normalized spacial score (nSPS) is 10.8. The zero-order valence-corrected chi connectivity index (χ0v) is 17.5. The lowest BCUT2D eigenvalue weighted by Crippen LogP contribution is -2.00. The van der Waals surface area contributed by atoms with Crippen molar-refractivity contribution < 1.29 is 9.47 Å². The van der Waals surface area contributed by atoms with Gasteiger partial charge in [-0.1, -0.05) is 12.1 Å². The van der Waals surface area contributed by atoms with E-state index >= 15 is 0 Å². The number of aromatic amines is 1. The lowest BCUT2D eigenvalue weighted by atomic mass is 10.1. The summed E-state index contributed by atoms with van der Waals surface area (Å²) in [4.78, 5) is 13.7. The van der Waals surface area contributed by atoms with E-state index in [9.17, 15) is 0 Å². The molecule has 8 heteroatoms. The molecule has 0 amide bonds. The van der Waals surface area contributed by atoms with Gasteiger partial charge in [0, 0.05) is 35.0 Å². The maximum atomic E-state index is 5.46. The fraction of sp³-hybridized carbons (Fsp3) is 0.0833. The molecule has 5 aromatic rings. The van der Waals surface area contributed by atoms with Crippen LogP contribution in [0.4, 0.5) is 11.6 Å². The predicted octanol–water partition coefficient (Wildman–Crippen LogP) is 4.84. The second-order valence-corrected chi connectivity index (χ2v) is 7.01. The van der Waals surface area contributed by atoms with Crippen molar-refractivity contribution in [2.75, 3.05) is 19.5 Å². The van der Waals surface area contributed by atoms with E-state index in [1.54, 1.807) is 26.6 Å². The Kier molecular flexibility index (Phi) is 5.09. The first-order valence-electron chi connectivity index (χ1n) is 9.97. The molecule has 2 N–H and O–H groups in total. The number of para-hydroxylation sites is 1. The Labute approximate surface area is 184 Å². The van der Waals surface area contributed by atoms with Gasteiger partial charge in [-0.25, -0.2) is 9.97 Å². The van der Waals surface area contributed by atoms with Crippen molar-refractivity contribution in [3.05, 3.63) is 73.1 Å². The smallest absolute Gasteiger partial charge is 0.163 e. The molecule has 0 unspecified atom stereocenters. The molecular formula is C24H20N6O2. The lowest BCUT2D eigenvalue weighted by Gasteiger charge is -2.11. The molecule has 0 aliphatic rings. The minimum atomic E-state index is 0.572. The van der Waals surface area contributed by atoms with Crippen LogP contribution in [0.5, 0.6) is 11.5 Å². The third kappa shape index (κ3) is 3.69. The summed E-state index contributed by atoms with van der Waals surface area (Å²) < 4.78 is 10.9. The first kappa shape index (κ1) is 19.5. The van der Waals surface area contributed by atoms with E-state index in [1.807, 2.05) is 60.7 Å². The molecule has 32 heavy (non-hydrogen) atoms. The molecule has 0 aliphatic carbocycles. The maximum absolute atomic E-state index is 5.46. The van der Waals surface area contributed by atoms with Crippen LogP contribution < -0.4 is 14.8 Å². The molecule has 0 fully saturated rings. The number of pyridine rings is 1. The van der Waals surface area contributed by atoms with Crippen molar-refractivity contribution in [2.45, 2.75) is 0 Å². The molecule has 2 aromatic carbocycles. The Balaban J connectivity index is 1.58. The monoisotopic (exact) mass is 424 g/mol. The van der Waals surface area contributed by atoms with E-state index in [2.05, 4.69) is 20.5 Å². The number of H-pyrrole nitrogens is 1. The average molecular weight is 424 g/mol. The molecule has 158 valence electrons. The first-order chi connectivity index (χ1) is 15.7. The van der Waals surface area contributed by atoms with Crippen LogP contribution in [0.3, 0.4) is 0 Å². The number of fused-ring (bicyclic) bond motifs is 1. The molecular weight excluding hydrogens is 404 g/mol. The number of methoxy groups -OCH3 is 2. The van der Waals surface area contributed by atoms with Crippen LogP contribution in [0.2, 0.25) is 0 Å². The molecule has 0 spiro atoms. The Morgan fingerprint density at radius 1 is 0.906 bits per heavy atom. The molecule has 0 bridgehead atoms. The SMILES string of the molecule is COc1ccc2nc(-c3cccnc3)nc(Nc3cc(-c4ccccc4OC)n[nH]3)c2c1. The Morgan fingerprint density at radius 2 is 1.81 bits per heavy atom. The number of rotatable bonds is 6. The van der Waals surface area contributed by atoms with Crippen LogP contribution in [0.15, 0.2) is 73.1 Å². The number of aromatic nitrogens is 5. The largest absolute Gasteiger partial charge is 0.497 e. The van der Waals surface area contributed by atoms with Gasteiger partial charge in [-0.3, -0.25) is 10.1 Å². The molecule has 0 saturated carbocycles. The molecule has 0 saturated heterocycles. The van der Waals surface area contributed by atoms with Gasteiger partial charge in [-0.15, -0.1) is 0 Å². The third-order valence-electron chi connectivity index (χ3n) is 5.04. The topological polar surface area (TPSA) is 97.8 Å². The van der Waals surface area contributed by atoms with Crippen LogP contribution in [-0.2, 0) is 0 Å². The van der Waals surface area contributed by atoms with Gasteiger partial charge in [0.05, 0.1) is 25.4 Å². The van der Waals surface area contributed by atoms with E-state index < -0.39 is 0 Å². The number of ether oxygens (including phenoxy) is 2. The number of nitrogens with zero attached hydrogens (tertiary/aromatic N) is 4. The highest BCUT2D eigenvalue weighted by Gasteiger charge is 2.14. The number of nitrogens with one attached hydrogen (secondary N) is 2. The van der Waals surface area contributed by atoms with Crippen molar-refractivity contribution in [2.24, 2.45) is 0 Å². The van der Waals surface area contributed by atoms with Crippen LogP contribution >= 0.6 is 0 Å². The summed E-state index contributed by atoms with van der Waals surface area (Å²) in [6, 6.07) is 19.1. The van der Waals surface area contributed by atoms with Gasteiger partial charge in [0.1, 0.15) is 23.1 Å². The summed E-state index contributed by atoms with van der Waals surface area (Å²) in [5.41, 5.74) is 3.26. The van der Waals surface area contributed by atoms with E-state index in [-0.39, 0.29) is 0 Å². The maximum Gasteiger partial charge on any atom is 0.163 e. The van der Waals surface area contributed by atoms with Crippen molar-refractivity contribution in [3.8, 4) is 34.1 Å². The molecule has 3 heterocycles. The predicted molar refractivity (Wildman–Crippen MR) is 123 cm³/mol. The van der Waals surface area contributed by atoms with Crippen LogP contribution in [0, 0.1) is 0 Å². The Morgan fingerprint density at radius 3 is 2.62 bits per heavy atom. The summed E-state index contributed by atoms with van der Waals surface area (Å²) >= 11 is 0. The van der Waals surface area contributed by atoms with Crippen LogP contribution in [0.1, 0.15) is 0 Å². The average Bonchev–Trinajstić information content (AvgIpc) is 3.32.